The van der Waals surface area contributed by atoms with E-state index >= 15 is 0 Å². The molecule has 0 fully saturated rings. The van der Waals surface area contributed by atoms with E-state index in [0.717, 1.165) is 0 Å². The normalized spacial score (nSPS) is 13.5. The van der Waals surface area contributed by atoms with Crippen molar-refractivity contribution in [1.29, 1.82) is 5.41 Å². The van der Waals surface area contributed by atoms with Crippen molar-refractivity contribution in [2.24, 2.45) is 22.9 Å². The summed E-state index contributed by atoms with van der Waals surface area (Å²) in [5, 5.41) is 34.5. The maximum Gasteiger partial charge on any atom is 0.321 e. The quantitative estimate of drug-likeness (QED) is 0.0715. The molecule has 0 saturated heterocycles. The number of aliphatic carboxylic acids is 3. The van der Waals surface area contributed by atoms with E-state index in [1.807, 2.05) is 0 Å². The van der Waals surface area contributed by atoms with Gasteiger partial charge in [0.2, 0.25) is 0 Å². The van der Waals surface area contributed by atoms with Crippen LogP contribution in [0, 0.1) is 5.41 Å². The zero-order chi connectivity index (χ0) is 20.7. The van der Waals surface area contributed by atoms with Crippen LogP contribution < -0.4 is 28.3 Å². The van der Waals surface area contributed by atoms with Gasteiger partial charge in [0.15, 0.2) is 5.96 Å². The number of carbonyl (C=O) groups is 3. The molecule has 26 heavy (non-hydrogen) atoms. The van der Waals surface area contributed by atoms with Gasteiger partial charge in [0.1, 0.15) is 18.1 Å². The molecule has 0 radical (unpaired) electrons. The molecule has 0 heterocycles. The minimum Gasteiger partial charge on any atom is -0.480 e. The van der Waals surface area contributed by atoms with E-state index in [9.17, 15) is 14.4 Å². The number of rotatable bonds is 12. The third kappa shape index (κ3) is 17.1. The highest BCUT2D eigenvalue weighted by molar-refractivity contribution is 8.76. The molecule has 0 unspecified atom stereocenters. The Morgan fingerprint density at radius 2 is 1.27 bits per heavy atom. The fourth-order valence-corrected chi connectivity index (χ4v) is 3.28. The van der Waals surface area contributed by atoms with E-state index in [-0.39, 0.29) is 17.5 Å². The molecule has 152 valence electrons. The Morgan fingerprint density at radius 1 is 0.885 bits per heavy atom. The molecule has 0 aromatic carbocycles. The molecule has 0 aromatic heterocycles. The Labute approximate surface area is 158 Å². The van der Waals surface area contributed by atoms with Crippen molar-refractivity contribution in [3.63, 3.8) is 0 Å². The zero-order valence-corrected chi connectivity index (χ0v) is 15.6. The molecule has 13 N–H and O–H groups in total. The molecule has 3 atom stereocenters. The van der Waals surface area contributed by atoms with Gasteiger partial charge in [-0.2, -0.15) is 0 Å². The van der Waals surface area contributed by atoms with Gasteiger partial charge in [-0.25, -0.2) is 0 Å². The van der Waals surface area contributed by atoms with Gasteiger partial charge in [-0.1, -0.05) is 21.6 Å². The second-order valence-electron chi connectivity index (χ2n) is 4.89. The highest BCUT2D eigenvalue weighted by Gasteiger charge is 2.14. The molecule has 0 bridgehead atoms. The third-order valence-corrected chi connectivity index (χ3v) is 5.01. The Hall–Kier alpha value is -1.74. The van der Waals surface area contributed by atoms with Crippen molar-refractivity contribution in [3.8, 4) is 0 Å². The van der Waals surface area contributed by atoms with E-state index in [1.165, 1.54) is 21.6 Å². The number of nitrogens with one attached hydrogen (secondary N) is 2. The van der Waals surface area contributed by atoms with Crippen LogP contribution in [0.4, 0.5) is 0 Å². The fourth-order valence-electron chi connectivity index (χ4n) is 1.05. The second-order valence-corrected chi connectivity index (χ2v) is 7.44. The highest BCUT2D eigenvalue weighted by Crippen LogP contribution is 2.22. The molecule has 14 heteroatoms. The van der Waals surface area contributed by atoms with Crippen LogP contribution in [0.25, 0.3) is 0 Å². The van der Waals surface area contributed by atoms with Crippen molar-refractivity contribution in [3.05, 3.63) is 0 Å². The predicted molar refractivity (Wildman–Crippen MR) is 101 cm³/mol. The van der Waals surface area contributed by atoms with Gasteiger partial charge < -0.3 is 43.6 Å². The molecule has 0 aliphatic rings. The predicted octanol–water partition coefficient (Wildman–Crippen LogP) is -2.15. The summed E-state index contributed by atoms with van der Waals surface area (Å²) in [4.78, 5) is 30.8. The number of nitrogens with two attached hydrogens (primary N) is 4. The van der Waals surface area contributed by atoms with Crippen LogP contribution in [-0.2, 0) is 14.4 Å². The smallest absolute Gasteiger partial charge is 0.321 e. The number of carboxylic acids is 3. The largest absolute Gasteiger partial charge is 0.480 e. The number of hydrogen-bond acceptors (Lipinski definition) is 9. The summed E-state index contributed by atoms with van der Waals surface area (Å²) >= 11 is 0. The molecular formula is C12H26N6O6S2. The SMILES string of the molecule is N=C(N)NCCC[C@H](N)C(=O)O.N[C@@H](CSSC[C@H](N)C(=O)O)C(=O)O. The number of hydrogen-bond donors (Lipinski definition) is 9. The summed E-state index contributed by atoms with van der Waals surface area (Å²) in [6.07, 6.45) is 0.975. The van der Waals surface area contributed by atoms with E-state index < -0.39 is 36.0 Å². The van der Waals surface area contributed by atoms with Crippen LogP contribution in [-0.4, -0.2) is 75.4 Å². The summed E-state index contributed by atoms with van der Waals surface area (Å²) in [5.41, 5.74) is 20.6. The molecule has 0 amide bonds. The fraction of sp³-hybridized carbons (Fsp3) is 0.667. The minimum atomic E-state index is -1.07. The average molecular weight is 415 g/mol. The Bertz CT molecular complexity index is 447. The Balaban J connectivity index is 0. The topological polar surface area (TPSA) is 252 Å². The van der Waals surface area contributed by atoms with Gasteiger partial charge in [-0.3, -0.25) is 19.8 Å². The molecule has 0 aliphatic heterocycles. The van der Waals surface area contributed by atoms with Crippen molar-refractivity contribution in [2.75, 3.05) is 18.1 Å². The van der Waals surface area contributed by atoms with Gasteiger partial charge in [0.05, 0.1) is 0 Å². The van der Waals surface area contributed by atoms with Crippen LogP contribution in [0.2, 0.25) is 0 Å². The van der Waals surface area contributed by atoms with Crippen molar-refractivity contribution in [1.82, 2.24) is 5.32 Å². The lowest BCUT2D eigenvalue weighted by atomic mass is 10.2. The molecule has 0 spiro atoms. The third-order valence-electron chi connectivity index (χ3n) is 2.54. The summed E-state index contributed by atoms with van der Waals surface area (Å²) in [6, 6.07) is -2.67. The molecule has 12 nitrogen and oxygen atoms in total. The summed E-state index contributed by atoms with van der Waals surface area (Å²) in [7, 11) is 2.41. The maximum absolute atomic E-state index is 10.3. The van der Waals surface area contributed by atoms with Crippen molar-refractivity contribution < 1.29 is 29.7 Å². The van der Waals surface area contributed by atoms with Crippen LogP contribution in [0.5, 0.6) is 0 Å². The first-order valence-corrected chi connectivity index (χ1v) is 9.75. The summed E-state index contributed by atoms with van der Waals surface area (Å²) in [5.74, 6) is -2.79. The molecule has 0 rings (SSSR count). The van der Waals surface area contributed by atoms with E-state index in [4.69, 9.17) is 43.7 Å². The van der Waals surface area contributed by atoms with Crippen LogP contribution in [0.1, 0.15) is 12.8 Å². The lowest BCUT2D eigenvalue weighted by molar-refractivity contribution is -0.139. The Kier molecular flexibility index (Phi) is 15.8. The summed E-state index contributed by atoms with van der Waals surface area (Å²) < 4.78 is 0. The van der Waals surface area contributed by atoms with E-state index in [2.05, 4.69) is 5.32 Å². The lowest BCUT2D eigenvalue weighted by Crippen LogP contribution is -2.34. The van der Waals surface area contributed by atoms with E-state index in [1.54, 1.807) is 0 Å². The lowest BCUT2D eigenvalue weighted by Gasteiger charge is -2.07. The van der Waals surface area contributed by atoms with Gasteiger partial charge in [0, 0.05) is 18.1 Å². The van der Waals surface area contributed by atoms with Gasteiger partial charge >= 0.3 is 17.9 Å². The second kappa shape index (κ2) is 15.5. The Morgan fingerprint density at radius 3 is 1.58 bits per heavy atom. The minimum absolute atomic E-state index is 0.112. The first-order chi connectivity index (χ1) is 12.0. The maximum atomic E-state index is 10.3. The van der Waals surface area contributed by atoms with Crippen LogP contribution in [0.15, 0.2) is 0 Å². The molecule has 0 aliphatic carbocycles. The highest BCUT2D eigenvalue weighted by atomic mass is 33.1. The molecule has 0 saturated carbocycles. The van der Waals surface area contributed by atoms with Gasteiger partial charge in [-0.05, 0) is 12.8 Å². The standard InChI is InChI=1S/C6H14N4O2.C6H12N2O4S2/c7-4(5(11)12)2-1-3-10-6(8)9;7-3(5(9)10)1-13-14-2-4(8)6(11)12/h4H,1-3,7H2,(H,11,12)(H4,8,9,10);3-4H,1-2,7-8H2,(H,9,10)(H,11,12)/t4-;3-,4-/m00/s1. The van der Waals surface area contributed by atoms with Crippen LogP contribution in [0.3, 0.4) is 0 Å². The molecular weight excluding hydrogens is 388 g/mol. The van der Waals surface area contributed by atoms with Gasteiger partial charge in [-0.15, -0.1) is 0 Å². The summed E-state index contributed by atoms with van der Waals surface area (Å²) in [6.45, 7) is 0.482. The number of carboxylic acid groups (broad SMARTS) is 3. The van der Waals surface area contributed by atoms with Crippen LogP contribution >= 0.6 is 21.6 Å². The first kappa shape index (κ1) is 26.5. The monoisotopic (exact) mass is 414 g/mol. The van der Waals surface area contributed by atoms with Gasteiger partial charge in [0.25, 0.3) is 0 Å². The van der Waals surface area contributed by atoms with Crippen molar-refractivity contribution in [2.45, 2.75) is 31.0 Å². The number of guanidine groups is 1. The van der Waals surface area contributed by atoms with E-state index in [0.29, 0.717) is 19.4 Å². The zero-order valence-electron chi connectivity index (χ0n) is 14.0. The first-order valence-electron chi connectivity index (χ1n) is 7.26. The molecule has 0 aromatic rings. The average Bonchev–Trinajstić information content (AvgIpc) is 2.54. The van der Waals surface area contributed by atoms with Crippen molar-refractivity contribution >= 4 is 45.5 Å².